The van der Waals surface area contributed by atoms with Crippen molar-refractivity contribution in [3.63, 3.8) is 0 Å². The average molecular weight is 327 g/mol. The molecular formula is C12H7Cl3NNaO2. The van der Waals surface area contributed by atoms with Crippen LogP contribution in [0.15, 0.2) is 40.4 Å². The monoisotopic (exact) mass is 325 g/mol. The Hall–Kier alpha value is -0.290. The summed E-state index contributed by atoms with van der Waals surface area (Å²) in [6.45, 7) is 0. The average Bonchev–Trinajstić information content (AvgIpc) is 2.31. The Labute approximate surface area is 148 Å². The predicted molar refractivity (Wildman–Crippen MR) is 74.4 cm³/mol. The van der Waals surface area contributed by atoms with E-state index in [2.05, 4.69) is 4.99 Å². The molecule has 0 amide bonds. The van der Waals surface area contributed by atoms with Crippen LogP contribution >= 0.6 is 34.8 Å². The van der Waals surface area contributed by atoms with E-state index in [0.29, 0.717) is 11.4 Å². The zero-order valence-corrected chi connectivity index (χ0v) is 14.1. The minimum atomic E-state index is -0.266. The first-order valence-corrected chi connectivity index (χ1v) is 5.97. The maximum Gasteiger partial charge on any atom is 1.00 e. The molecule has 0 saturated heterocycles. The molecule has 0 spiro atoms. The number of carbonyl (C=O) groups excluding carboxylic acids is 1. The summed E-state index contributed by atoms with van der Waals surface area (Å²) in [5.74, 6) is -0.456. The molecule has 0 unspecified atom stereocenters. The first-order chi connectivity index (χ1) is 8.47. The molecular weight excluding hydrogens is 319 g/mol. The van der Waals surface area contributed by atoms with Crippen LogP contribution in [0.25, 0.3) is 0 Å². The van der Waals surface area contributed by atoms with Gasteiger partial charge in [0.25, 0.3) is 0 Å². The van der Waals surface area contributed by atoms with Crippen LogP contribution in [0.5, 0.6) is 5.75 Å². The minimum Gasteiger partial charge on any atom is -1.00 e. The largest absolute Gasteiger partial charge is 1.00 e. The van der Waals surface area contributed by atoms with Crippen LogP contribution in [0, 0.1) is 0 Å². The number of phenolic OH excluding ortho intramolecular Hbond substituents is 1. The molecule has 19 heavy (non-hydrogen) atoms. The van der Waals surface area contributed by atoms with Gasteiger partial charge < -0.3 is 6.53 Å². The molecule has 0 bridgehead atoms. The molecule has 3 nitrogen and oxygen atoms in total. The third-order valence-corrected chi connectivity index (χ3v) is 3.05. The number of allylic oxidation sites excluding steroid dienone is 4. The summed E-state index contributed by atoms with van der Waals surface area (Å²) in [6, 6.07) is 2.92. The molecule has 0 saturated carbocycles. The quantitative estimate of drug-likeness (QED) is 0.622. The molecule has 1 aromatic carbocycles. The summed E-state index contributed by atoms with van der Waals surface area (Å²) >= 11 is 17.2. The van der Waals surface area contributed by atoms with Gasteiger partial charge in [0, 0.05) is 0 Å². The summed E-state index contributed by atoms with van der Waals surface area (Å²) in [7, 11) is 0. The minimum absolute atomic E-state index is 0. The number of nitrogens with zero attached hydrogens (tertiary/aromatic N) is 1. The maximum absolute atomic E-state index is 11.1. The fourth-order valence-corrected chi connectivity index (χ4v) is 1.98. The zero-order valence-electron chi connectivity index (χ0n) is 10.8. The second-order valence-corrected chi connectivity index (χ2v) is 4.71. The van der Waals surface area contributed by atoms with Gasteiger partial charge in [0.05, 0.1) is 26.5 Å². The number of hydrogen-bond donors (Lipinski definition) is 1. The maximum atomic E-state index is 11.1. The molecule has 0 fully saturated rings. The standard InChI is InChI=1S/C12H6Cl3NO2.Na.H/c13-8-3-6(1-2-11(8)17)16-7-4-9(14)12(18)10(15)5-7;;/h1-5,18H;;/q;+1;-1. The van der Waals surface area contributed by atoms with E-state index in [9.17, 15) is 9.90 Å². The molecule has 0 atom stereocenters. The Balaban J connectivity index is 0.00000180. The Bertz CT molecular complexity index is 606. The fourth-order valence-electron chi connectivity index (χ4n) is 1.33. The molecule has 0 aliphatic heterocycles. The van der Waals surface area contributed by atoms with Gasteiger partial charge in [0.2, 0.25) is 0 Å². The topological polar surface area (TPSA) is 49.7 Å². The van der Waals surface area contributed by atoms with E-state index in [1.165, 1.54) is 30.4 Å². The number of hydrogen-bond acceptors (Lipinski definition) is 3. The summed E-state index contributed by atoms with van der Waals surface area (Å²) < 4.78 is 0. The van der Waals surface area contributed by atoms with Crippen LogP contribution in [-0.4, -0.2) is 16.6 Å². The Morgan fingerprint density at radius 2 is 1.68 bits per heavy atom. The number of halogens is 3. The van der Waals surface area contributed by atoms with Gasteiger partial charge in [-0.25, -0.2) is 4.99 Å². The van der Waals surface area contributed by atoms with E-state index in [-0.39, 0.29) is 57.6 Å². The van der Waals surface area contributed by atoms with Crippen molar-refractivity contribution in [3.05, 3.63) is 45.4 Å². The SMILES string of the molecule is O=C1C=CC(=Nc2cc(Cl)c(O)c(Cl)c2)C=C1Cl.[H-].[Na+]. The van der Waals surface area contributed by atoms with Crippen molar-refractivity contribution in [1.29, 1.82) is 0 Å². The Kier molecular flexibility index (Phi) is 6.12. The third kappa shape index (κ3) is 4.09. The van der Waals surface area contributed by atoms with Crippen molar-refractivity contribution in [2.75, 3.05) is 0 Å². The molecule has 0 heterocycles. The van der Waals surface area contributed by atoms with Crippen molar-refractivity contribution >= 4 is 52.0 Å². The van der Waals surface area contributed by atoms with Gasteiger partial charge in [-0.3, -0.25) is 4.79 Å². The third-order valence-electron chi connectivity index (χ3n) is 2.18. The number of aliphatic imine (C=N–C) groups is 1. The summed E-state index contributed by atoms with van der Waals surface area (Å²) in [4.78, 5) is 15.3. The molecule has 1 aliphatic rings. The van der Waals surface area contributed by atoms with Crippen molar-refractivity contribution in [2.45, 2.75) is 0 Å². The van der Waals surface area contributed by atoms with Gasteiger partial charge in [-0.1, -0.05) is 34.8 Å². The molecule has 1 aromatic rings. The van der Waals surface area contributed by atoms with E-state index in [4.69, 9.17) is 34.8 Å². The summed E-state index contributed by atoms with van der Waals surface area (Å²) in [6.07, 6.45) is 4.30. The van der Waals surface area contributed by atoms with Crippen LogP contribution in [0.3, 0.4) is 0 Å². The molecule has 0 aromatic heterocycles. The molecule has 7 heteroatoms. The smallest absolute Gasteiger partial charge is 1.00 e. The fraction of sp³-hybridized carbons (Fsp3) is 0. The normalized spacial score (nSPS) is 16.3. The number of benzene rings is 1. The van der Waals surface area contributed by atoms with Crippen LogP contribution in [0.2, 0.25) is 10.0 Å². The zero-order chi connectivity index (χ0) is 13.3. The van der Waals surface area contributed by atoms with Crippen LogP contribution in [0.4, 0.5) is 5.69 Å². The van der Waals surface area contributed by atoms with E-state index in [0.717, 1.165) is 0 Å². The number of aromatic hydroxyl groups is 1. The molecule has 1 aliphatic carbocycles. The van der Waals surface area contributed by atoms with Crippen molar-refractivity contribution in [2.24, 2.45) is 4.99 Å². The van der Waals surface area contributed by atoms with Gasteiger partial charge in [-0.15, -0.1) is 0 Å². The van der Waals surface area contributed by atoms with Gasteiger partial charge in [-0.05, 0) is 30.4 Å². The van der Waals surface area contributed by atoms with E-state index in [1.807, 2.05) is 0 Å². The molecule has 0 radical (unpaired) electrons. The first kappa shape index (κ1) is 16.8. The van der Waals surface area contributed by atoms with Gasteiger partial charge >= 0.3 is 29.6 Å². The number of rotatable bonds is 1. The van der Waals surface area contributed by atoms with E-state index in [1.54, 1.807) is 0 Å². The molecule has 2 rings (SSSR count). The first-order valence-electron chi connectivity index (χ1n) is 4.83. The number of carbonyl (C=O) groups is 1. The second-order valence-electron chi connectivity index (χ2n) is 3.48. The van der Waals surface area contributed by atoms with Gasteiger partial charge in [0.15, 0.2) is 11.5 Å². The molecule has 94 valence electrons. The Morgan fingerprint density at radius 3 is 2.21 bits per heavy atom. The predicted octanol–water partition coefficient (Wildman–Crippen LogP) is 1.15. The van der Waals surface area contributed by atoms with Crippen molar-refractivity contribution < 1.29 is 40.9 Å². The number of ketones is 1. The van der Waals surface area contributed by atoms with E-state index < -0.39 is 0 Å². The van der Waals surface area contributed by atoms with Crippen LogP contribution in [-0.2, 0) is 4.79 Å². The number of phenols is 1. The van der Waals surface area contributed by atoms with Crippen molar-refractivity contribution in [1.82, 2.24) is 0 Å². The van der Waals surface area contributed by atoms with Crippen LogP contribution in [0.1, 0.15) is 1.43 Å². The van der Waals surface area contributed by atoms with Crippen LogP contribution < -0.4 is 29.6 Å². The molecule has 1 N–H and O–H groups in total. The second kappa shape index (κ2) is 6.93. The Morgan fingerprint density at radius 1 is 1.11 bits per heavy atom. The van der Waals surface area contributed by atoms with E-state index >= 15 is 0 Å². The summed E-state index contributed by atoms with van der Waals surface area (Å²) in [5, 5.41) is 9.71. The summed E-state index contributed by atoms with van der Waals surface area (Å²) in [5.41, 5.74) is 0.954. The van der Waals surface area contributed by atoms with Gasteiger partial charge in [0.1, 0.15) is 0 Å². The van der Waals surface area contributed by atoms with Gasteiger partial charge in [-0.2, -0.15) is 0 Å². The van der Waals surface area contributed by atoms with Crippen molar-refractivity contribution in [3.8, 4) is 5.75 Å².